The molecule has 0 saturated heterocycles. The number of aromatic amines is 1. The lowest BCUT2D eigenvalue weighted by Crippen LogP contribution is -2.14. The van der Waals surface area contributed by atoms with Gasteiger partial charge in [-0.25, -0.2) is 4.98 Å². The number of hydrogen-bond donors (Lipinski definition) is 1. The third-order valence-electron chi connectivity index (χ3n) is 3.73. The molecule has 1 aliphatic rings. The molecule has 2 heterocycles. The van der Waals surface area contributed by atoms with Crippen LogP contribution in [0.1, 0.15) is 31.2 Å². The Morgan fingerprint density at radius 3 is 3.06 bits per heavy atom. The van der Waals surface area contributed by atoms with Crippen molar-refractivity contribution < 1.29 is 0 Å². The Kier molecular flexibility index (Phi) is 2.74. The molecule has 1 saturated carbocycles. The standard InChI is InChI=1S/C13H17N3S/c1-9-7-11-12(14-8-9)16(13(17)15-11)6-5-10-3-2-4-10/h7-8,10H,2-6H2,1H3,(H,15,17). The predicted molar refractivity (Wildman–Crippen MR) is 71.6 cm³/mol. The third kappa shape index (κ3) is 2.02. The lowest BCUT2D eigenvalue weighted by Gasteiger charge is -2.25. The fourth-order valence-corrected chi connectivity index (χ4v) is 2.74. The molecular weight excluding hydrogens is 230 g/mol. The second-order valence-corrected chi connectivity index (χ2v) is 5.44. The van der Waals surface area contributed by atoms with Crippen molar-refractivity contribution in [3.63, 3.8) is 0 Å². The summed E-state index contributed by atoms with van der Waals surface area (Å²) in [7, 11) is 0. The Morgan fingerprint density at radius 2 is 2.35 bits per heavy atom. The highest BCUT2D eigenvalue weighted by Gasteiger charge is 2.17. The highest BCUT2D eigenvalue weighted by atomic mass is 32.1. The number of rotatable bonds is 3. The molecule has 0 radical (unpaired) electrons. The summed E-state index contributed by atoms with van der Waals surface area (Å²) in [5.41, 5.74) is 3.23. The summed E-state index contributed by atoms with van der Waals surface area (Å²) in [6.45, 7) is 3.05. The zero-order chi connectivity index (χ0) is 11.8. The van der Waals surface area contributed by atoms with Gasteiger partial charge in [0.05, 0.1) is 5.52 Å². The van der Waals surface area contributed by atoms with Gasteiger partial charge in [0.1, 0.15) is 0 Å². The van der Waals surface area contributed by atoms with E-state index in [1.807, 2.05) is 6.20 Å². The Labute approximate surface area is 106 Å². The monoisotopic (exact) mass is 247 g/mol. The van der Waals surface area contributed by atoms with Gasteiger partial charge in [0.15, 0.2) is 10.4 Å². The molecule has 3 rings (SSSR count). The lowest BCUT2D eigenvalue weighted by molar-refractivity contribution is 0.283. The molecule has 1 fully saturated rings. The van der Waals surface area contributed by atoms with E-state index in [0.717, 1.165) is 28.4 Å². The van der Waals surface area contributed by atoms with Crippen LogP contribution in [0.3, 0.4) is 0 Å². The first-order chi connectivity index (χ1) is 8.24. The summed E-state index contributed by atoms with van der Waals surface area (Å²) < 4.78 is 2.94. The number of fused-ring (bicyclic) bond motifs is 1. The molecule has 4 heteroatoms. The zero-order valence-corrected chi connectivity index (χ0v) is 10.9. The molecule has 0 spiro atoms. The number of aryl methyl sites for hydroxylation is 2. The molecule has 0 amide bonds. The maximum absolute atomic E-state index is 5.37. The number of pyridine rings is 1. The smallest absolute Gasteiger partial charge is 0.179 e. The van der Waals surface area contributed by atoms with E-state index in [0.29, 0.717) is 0 Å². The van der Waals surface area contributed by atoms with Crippen molar-refractivity contribution in [2.24, 2.45) is 5.92 Å². The molecule has 90 valence electrons. The van der Waals surface area contributed by atoms with Crippen LogP contribution in [0.15, 0.2) is 12.3 Å². The zero-order valence-electron chi connectivity index (χ0n) is 10.1. The van der Waals surface area contributed by atoms with Crippen molar-refractivity contribution in [1.29, 1.82) is 0 Å². The fraction of sp³-hybridized carbons (Fsp3) is 0.538. The molecule has 0 unspecified atom stereocenters. The maximum Gasteiger partial charge on any atom is 0.179 e. The molecule has 1 N–H and O–H groups in total. The first kappa shape index (κ1) is 11.0. The molecule has 2 aromatic heterocycles. The second kappa shape index (κ2) is 4.26. The molecule has 3 nitrogen and oxygen atoms in total. The Balaban J connectivity index is 1.91. The van der Waals surface area contributed by atoms with Crippen molar-refractivity contribution in [2.45, 2.75) is 39.2 Å². The van der Waals surface area contributed by atoms with Crippen LogP contribution in [-0.2, 0) is 6.54 Å². The summed E-state index contributed by atoms with van der Waals surface area (Å²) in [6, 6.07) is 2.11. The van der Waals surface area contributed by atoms with E-state index in [1.165, 1.54) is 31.2 Å². The molecule has 0 bridgehead atoms. The topological polar surface area (TPSA) is 33.6 Å². The van der Waals surface area contributed by atoms with Crippen molar-refractivity contribution in [1.82, 2.24) is 14.5 Å². The van der Waals surface area contributed by atoms with Crippen molar-refractivity contribution >= 4 is 23.4 Å². The van der Waals surface area contributed by atoms with Gasteiger partial charge in [-0.15, -0.1) is 0 Å². The van der Waals surface area contributed by atoms with Crippen LogP contribution in [0.4, 0.5) is 0 Å². The molecule has 0 aliphatic heterocycles. The number of nitrogens with zero attached hydrogens (tertiary/aromatic N) is 2. The van der Waals surface area contributed by atoms with Crippen LogP contribution in [0.25, 0.3) is 11.2 Å². The van der Waals surface area contributed by atoms with E-state index in [4.69, 9.17) is 12.2 Å². The molecule has 1 aliphatic carbocycles. The van der Waals surface area contributed by atoms with E-state index < -0.39 is 0 Å². The number of aromatic nitrogens is 3. The summed E-state index contributed by atoms with van der Waals surface area (Å²) in [5, 5.41) is 0. The first-order valence-corrected chi connectivity index (χ1v) is 6.70. The van der Waals surface area contributed by atoms with E-state index in [2.05, 4.69) is 27.5 Å². The third-order valence-corrected chi connectivity index (χ3v) is 4.05. The van der Waals surface area contributed by atoms with Crippen LogP contribution < -0.4 is 0 Å². The largest absolute Gasteiger partial charge is 0.329 e. The van der Waals surface area contributed by atoms with E-state index in [-0.39, 0.29) is 0 Å². The molecule has 2 aromatic rings. The quantitative estimate of drug-likeness (QED) is 0.841. The van der Waals surface area contributed by atoms with Crippen molar-refractivity contribution in [3.05, 3.63) is 22.6 Å². The van der Waals surface area contributed by atoms with Gasteiger partial charge in [-0.05, 0) is 43.1 Å². The average Bonchev–Trinajstić information content (AvgIpc) is 2.52. The molecular formula is C13H17N3S. The van der Waals surface area contributed by atoms with Crippen molar-refractivity contribution in [2.75, 3.05) is 0 Å². The lowest BCUT2D eigenvalue weighted by atomic mass is 9.83. The Hall–Kier alpha value is -1.16. The normalized spacial score (nSPS) is 16.3. The summed E-state index contributed by atoms with van der Waals surface area (Å²) in [5.74, 6) is 0.910. The van der Waals surface area contributed by atoms with Gasteiger partial charge in [-0.1, -0.05) is 19.3 Å². The van der Waals surface area contributed by atoms with Gasteiger partial charge in [0.25, 0.3) is 0 Å². The van der Waals surface area contributed by atoms with Crippen LogP contribution in [0.5, 0.6) is 0 Å². The number of H-pyrrole nitrogens is 1. The van der Waals surface area contributed by atoms with E-state index >= 15 is 0 Å². The SMILES string of the molecule is Cc1cnc2c(c1)[nH]c(=S)n2CCC1CCC1. The number of hydrogen-bond acceptors (Lipinski definition) is 2. The number of nitrogens with one attached hydrogen (secondary N) is 1. The van der Waals surface area contributed by atoms with Crippen LogP contribution in [0.2, 0.25) is 0 Å². The van der Waals surface area contributed by atoms with E-state index in [1.54, 1.807) is 0 Å². The summed E-state index contributed by atoms with van der Waals surface area (Å²) in [6.07, 6.45) is 7.33. The van der Waals surface area contributed by atoms with Gasteiger partial charge in [-0.3, -0.25) is 0 Å². The maximum atomic E-state index is 5.37. The molecule has 0 aromatic carbocycles. The van der Waals surface area contributed by atoms with Gasteiger partial charge in [-0.2, -0.15) is 0 Å². The van der Waals surface area contributed by atoms with Crippen LogP contribution >= 0.6 is 12.2 Å². The van der Waals surface area contributed by atoms with Crippen LogP contribution in [0, 0.1) is 17.6 Å². The minimum Gasteiger partial charge on any atom is -0.329 e. The van der Waals surface area contributed by atoms with Gasteiger partial charge in [0.2, 0.25) is 0 Å². The minimum atomic E-state index is 0.803. The summed E-state index contributed by atoms with van der Waals surface area (Å²) in [4.78, 5) is 7.73. The molecule has 17 heavy (non-hydrogen) atoms. The van der Waals surface area contributed by atoms with Crippen molar-refractivity contribution in [3.8, 4) is 0 Å². The fourth-order valence-electron chi connectivity index (χ4n) is 2.45. The van der Waals surface area contributed by atoms with Crippen LogP contribution in [-0.4, -0.2) is 14.5 Å². The van der Waals surface area contributed by atoms with Gasteiger partial charge < -0.3 is 9.55 Å². The highest BCUT2D eigenvalue weighted by Crippen LogP contribution is 2.30. The van der Waals surface area contributed by atoms with Gasteiger partial charge >= 0.3 is 0 Å². The van der Waals surface area contributed by atoms with Gasteiger partial charge in [0, 0.05) is 12.7 Å². The Bertz CT molecular complexity index is 592. The summed E-state index contributed by atoms with van der Waals surface area (Å²) >= 11 is 5.37. The second-order valence-electron chi connectivity index (χ2n) is 5.05. The predicted octanol–water partition coefficient (Wildman–Crippen LogP) is 3.59. The highest BCUT2D eigenvalue weighted by molar-refractivity contribution is 7.71. The minimum absolute atomic E-state index is 0.803. The first-order valence-electron chi connectivity index (χ1n) is 6.29. The van der Waals surface area contributed by atoms with E-state index in [9.17, 15) is 0 Å². The number of imidazole rings is 1. The Morgan fingerprint density at radius 1 is 1.53 bits per heavy atom. The molecule has 0 atom stereocenters. The average molecular weight is 247 g/mol.